The summed E-state index contributed by atoms with van der Waals surface area (Å²) in [5.74, 6) is 0.670. The van der Waals surface area contributed by atoms with Crippen molar-refractivity contribution in [3.63, 3.8) is 0 Å². The van der Waals surface area contributed by atoms with E-state index in [-0.39, 0.29) is 5.91 Å². The standard InChI is InChI=1S/C15H21N5O/c1-9-10(2)20(15-13(9)14(16)17-8-18-15)7-3-4-12(21)19-11-5-6-11/h8,11H,3-7H2,1-2H3,(H,19,21)(H2,16,17,18). The molecule has 1 aliphatic rings. The highest BCUT2D eigenvalue weighted by atomic mass is 16.1. The summed E-state index contributed by atoms with van der Waals surface area (Å²) in [4.78, 5) is 20.1. The number of anilines is 1. The highest BCUT2D eigenvalue weighted by Gasteiger charge is 2.23. The van der Waals surface area contributed by atoms with Gasteiger partial charge in [-0.15, -0.1) is 0 Å². The topological polar surface area (TPSA) is 85.8 Å². The number of aromatic nitrogens is 3. The molecule has 3 rings (SSSR count). The van der Waals surface area contributed by atoms with Crippen molar-refractivity contribution in [3.05, 3.63) is 17.6 Å². The van der Waals surface area contributed by atoms with Gasteiger partial charge in [-0.2, -0.15) is 0 Å². The van der Waals surface area contributed by atoms with Gasteiger partial charge >= 0.3 is 0 Å². The summed E-state index contributed by atoms with van der Waals surface area (Å²) >= 11 is 0. The average Bonchev–Trinajstić information content (AvgIpc) is 3.22. The van der Waals surface area contributed by atoms with Gasteiger partial charge in [-0.3, -0.25) is 4.79 Å². The molecule has 0 aromatic carbocycles. The minimum Gasteiger partial charge on any atom is -0.383 e. The molecule has 0 unspecified atom stereocenters. The van der Waals surface area contributed by atoms with Crippen LogP contribution in [0, 0.1) is 13.8 Å². The Morgan fingerprint density at radius 2 is 2.19 bits per heavy atom. The summed E-state index contributed by atoms with van der Waals surface area (Å²) in [6, 6.07) is 0.432. The van der Waals surface area contributed by atoms with Crippen LogP contribution in [0.3, 0.4) is 0 Å². The zero-order chi connectivity index (χ0) is 15.0. The molecule has 6 heteroatoms. The van der Waals surface area contributed by atoms with Crippen molar-refractivity contribution < 1.29 is 4.79 Å². The number of aryl methyl sites for hydroxylation is 2. The van der Waals surface area contributed by atoms with Gasteiger partial charge in [0, 0.05) is 24.7 Å². The predicted molar refractivity (Wildman–Crippen MR) is 81.8 cm³/mol. The summed E-state index contributed by atoms with van der Waals surface area (Å²) < 4.78 is 2.13. The quantitative estimate of drug-likeness (QED) is 0.876. The molecule has 0 spiro atoms. The maximum Gasteiger partial charge on any atom is 0.220 e. The highest BCUT2D eigenvalue weighted by molar-refractivity contribution is 5.90. The zero-order valence-electron chi connectivity index (χ0n) is 12.5. The minimum atomic E-state index is 0.150. The highest BCUT2D eigenvalue weighted by Crippen LogP contribution is 2.27. The van der Waals surface area contributed by atoms with Gasteiger partial charge in [-0.25, -0.2) is 9.97 Å². The monoisotopic (exact) mass is 287 g/mol. The molecule has 21 heavy (non-hydrogen) atoms. The van der Waals surface area contributed by atoms with Crippen molar-refractivity contribution >= 4 is 22.8 Å². The van der Waals surface area contributed by atoms with Gasteiger partial charge in [0.25, 0.3) is 0 Å². The second kappa shape index (κ2) is 5.35. The van der Waals surface area contributed by atoms with Crippen LogP contribution in [-0.2, 0) is 11.3 Å². The molecule has 2 aromatic rings. The van der Waals surface area contributed by atoms with E-state index < -0.39 is 0 Å². The van der Waals surface area contributed by atoms with Crippen LogP contribution in [-0.4, -0.2) is 26.5 Å². The Kier molecular flexibility index (Phi) is 3.53. The molecule has 6 nitrogen and oxygen atoms in total. The fourth-order valence-electron chi connectivity index (χ4n) is 2.69. The smallest absolute Gasteiger partial charge is 0.220 e. The van der Waals surface area contributed by atoms with Crippen LogP contribution in [0.2, 0.25) is 0 Å². The molecule has 2 heterocycles. The molecule has 1 fully saturated rings. The fraction of sp³-hybridized carbons (Fsp3) is 0.533. The Morgan fingerprint density at radius 3 is 2.90 bits per heavy atom. The van der Waals surface area contributed by atoms with Gasteiger partial charge in [0.2, 0.25) is 5.91 Å². The Bertz CT molecular complexity index is 687. The Morgan fingerprint density at radius 1 is 1.43 bits per heavy atom. The number of nitrogens with two attached hydrogens (primary N) is 1. The van der Waals surface area contributed by atoms with Crippen LogP contribution >= 0.6 is 0 Å². The lowest BCUT2D eigenvalue weighted by Gasteiger charge is -2.08. The van der Waals surface area contributed by atoms with Gasteiger partial charge in [0.05, 0.1) is 5.39 Å². The number of nitrogens with zero attached hydrogens (tertiary/aromatic N) is 3. The number of fused-ring (bicyclic) bond motifs is 1. The largest absolute Gasteiger partial charge is 0.383 e. The number of carbonyl (C=O) groups is 1. The molecule has 1 aliphatic carbocycles. The van der Waals surface area contributed by atoms with E-state index in [2.05, 4.69) is 26.8 Å². The molecule has 1 saturated carbocycles. The lowest BCUT2D eigenvalue weighted by Crippen LogP contribution is -2.25. The summed E-state index contributed by atoms with van der Waals surface area (Å²) in [5, 5.41) is 3.94. The minimum absolute atomic E-state index is 0.150. The van der Waals surface area contributed by atoms with E-state index in [1.54, 1.807) is 0 Å². The van der Waals surface area contributed by atoms with Gasteiger partial charge in [0.1, 0.15) is 17.8 Å². The molecule has 0 atom stereocenters. The Balaban J connectivity index is 1.73. The van der Waals surface area contributed by atoms with Crippen LogP contribution in [0.5, 0.6) is 0 Å². The van der Waals surface area contributed by atoms with E-state index >= 15 is 0 Å². The second-order valence-electron chi connectivity index (χ2n) is 5.76. The van der Waals surface area contributed by atoms with Crippen molar-refractivity contribution in [2.24, 2.45) is 0 Å². The Labute approximate surface area is 123 Å². The van der Waals surface area contributed by atoms with Crippen molar-refractivity contribution in [1.82, 2.24) is 19.9 Å². The first-order chi connectivity index (χ1) is 10.1. The second-order valence-corrected chi connectivity index (χ2v) is 5.76. The summed E-state index contributed by atoms with van der Waals surface area (Å²) in [6.07, 6.45) is 5.10. The van der Waals surface area contributed by atoms with Crippen molar-refractivity contribution in [2.45, 2.75) is 52.1 Å². The third kappa shape index (κ3) is 2.70. The Hall–Kier alpha value is -2.11. The number of nitrogen functional groups attached to an aromatic ring is 1. The van der Waals surface area contributed by atoms with Crippen LogP contribution < -0.4 is 11.1 Å². The van der Waals surface area contributed by atoms with E-state index in [0.717, 1.165) is 48.1 Å². The van der Waals surface area contributed by atoms with Gasteiger partial charge < -0.3 is 15.6 Å². The third-order valence-corrected chi connectivity index (χ3v) is 4.16. The first-order valence-corrected chi connectivity index (χ1v) is 7.43. The molecular weight excluding hydrogens is 266 g/mol. The lowest BCUT2D eigenvalue weighted by molar-refractivity contribution is -0.121. The SMILES string of the molecule is Cc1c(C)n(CCCC(=O)NC2CC2)c2ncnc(N)c12. The summed E-state index contributed by atoms with van der Waals surface area (Å²) in [5.41, 5.74) is 9.07. The predicted octanol–water partition coefficient (Wildman–Crippen LogP) is 1.69. The number of hydrogen-bond donors (Lipinski definition) is 2. The number of hydrogen-bond acceptors (Lipinski definition) is 4. The molecule has 0 aliphatic heterocycles. The molecule has 112 valence electrons. The first kappa shape index (κ1) is 13.9. The van der Waals surface area contributed by atoms with Crippen molar-refractivity contribution in [2.75, 3.05) is 5.73 Å². The number of nitrogens with one attached hydrogen (secondary N) is 1. The van der Waals surface area contributed by atoms with Crippen molar-refractivity contribution in [1.29, 1.82) is 0 Å². The molecule has 3 N–H and O–H groups in total. The molecule has 1 amide bonds. The molecular formula is C15H21N5O. The first-order valence-electron chi connectivity index (χ1n) is 7.43. The summed E-state index contributed by atoms with van der Waals surface area (Å²) in [7, 11) is 0. The maximum atomic E-state index is 11.7. The molecule has 2 aromatic heterocycles. The van der Waals surface area contributed by atoms with Crippen LogP contribution in [0.25, 0.3) is 11.0 Å². The lowest BCUT2D eigenvalue weighted by atomic mass is 10.2. The van der Waals surface area contributed by atoms with Crippen LogP contribution in [0.4, 0.5) is 5.82 Å². The maximum absolute atomic E-state index is 11.7. The van der Waals surface area contributed by atoms with Gasteiger partial charge in [-0.1, -0.05) is 0 Å². The molecule has 0 bridgehead atoms. The van der Waals surface area contributed by atoms with Crippen LogP contribution in [0.1, 0.15) is 36.9 Å². The van der Waals surface area contributed by atoms with E-state index in [1.807, 2.05) is 6.92 Å². The fourth-order valence-corrected chi connectivity index (χ4v) is 2.69. The van der Waals surface area contributed by atoms with Crippen LogP contribution in [0.15, 0.2) is 6.33 Å². The van der Waals surface area contributed by atoms with Gasteiger partial charge in [-0.05, 0) is 38.7 Å². The van der Waals surface area contributed by atoms with Crippen molar-refractivity contribution in [3.8, 4) is 0 Å². The normalized spacial score (nSPS) is 14.6. The number of carbonyl (C=O) groups excluding carboxylic acids is 1. The van der Waals surface area contributed by atoms with E-state index in [1.165, 1.54) is 6.33 Å². The third-order valence-electron chi connectivity index (χ3n) is 4.16. The van der Waals surface area contributed by atoms with E-state index in [0.29, 0.717) is 18.3 Å². The molecule has 0 radical (unpaired) electrons. The van der Waals surface area contributed by atoms with Gasteiger partial charge in [0.15, 0.2) is 0 Å². The molecule has 0 saturated heterocycles. The zero-order valence-corrected chi connectivity index (χ0v) is 12.5. The number of rotatable bonds is 5. The number of amides is 1. The van der Waals surface area contributed by atoms with E-state index in [9.17, 15) is 4.79 Å². The van der Waals surface area contributed by atoms with E-state index in [4.69, 9.17) is 5.73 Å². The average molecular weight is 287 g/mol. The summed E-state index contributed by atoms with van der Waals surface area (Å²) in [6.45, 7) is 4.86.